The van der Waals surface area contributed by atoms with Gasteiger partial charge in [0.05, 0.1) is 6.61 Å². The number of carbonyl (C=O) groups is 1. The molecule has 0 heterocycles. The van der Waals surface area contributed by atoms with Gasteiger partial charge in [-0.2, -0.15) is 0 Å². The molecule has 1 aromatic carbocycles. The van der Waals surface area contributed by atoms with Crippen LogP contribution in [0.4, 0.5) is 0 Å². The van der Waals surface area contributed by atoms with Gasteiger partial charge in [-0.15, -0.1) is 0 Å². The molecule has 1 fully saturated rings. The molecule has 0 aromatic heterocycles. The largest absolute Gasteiger partial charge is 0.494 e. The van der Waals surface area contributed by atoms with Gasteiger partial charge < -0.3 is 10.5 Å². The maximum atomic E-state index is 12.1. The van der Waals surface area contributed by atoms with Crippen LogP contribution in [0.1, 0.15) is 35.7 Å². The third-order valence-electron chi connectivity index (χ3n) is 3.30. The van der Waals surface area contributed by atoms with Gasteiger partial charge in [-0.3, -0.25) is 4.79 Å². The molecule has 17 heavy (non-hydrogen) atoms. The zero-order valence-corrected chi connectivity index (χ0v) is 10.4. The Labute approximate surface area is 102 Å². The third-order valence-corrected chi connectivity index (χ3v) is 3.30. The van der Waals surface area contributed by atoms with E-state index in [1.807, 2.05) is 32.0 Å². The summed E-state index contributed by atoms with van der Waals surface area (Å²) in [5.41, 5.74) is 7.50. The van der Waals surface area contributed by atoms with E-state index in [0.717, 1.165) is 29.7 Å². The lowest BCUT2D eigenvalue weighted by atomic mass is 9.76. The van der Waals surface area contributed by atoms with Crippen LogP contribution in [0.5, 0.6) is 5.75 Å². The summed E-state index contributed by atoms with van der Waals surface area (Å²) in [5.74, 6) is 1.20. The van der Waals surface area contributed by atoms with Crippen molar-refractivity contribution in [3.8, 4) is 5.75 Å². The molecule has 3 heteroatoms. The number of nitrogens with two attached hydrogens (primary N) is 1. The Morgan fingerprint density at radius 1 is 1.47 bits per heavy atom. The highest BCUT2D eigenvalue weighted by molar-refractivity contribution is 5.98. The Morgan fingerprint density at radius 2 is 2.18 bits per heavy atom. The van der Waals surface area contributed by atoms with Gasteiger partial charge in [0, 0.05) is 17.5 Å². The lowest BCUT2D eigenvalue weighted by molar-refractivity contribution is 0.0832. The minimum Gasteiger partial charge on any atom is -0.494 e. The Hall–Kier alpha value is -1.35. The molecular formula is C14H19NO2. The van der Waals surface area contributed by atoms with Gasteiger partial charge in [0.1, 0.15) is 5.75 Å². The molecule has 0 atom stereocenters. The smallest absolute Gasteiger partial charge is 0.166 e. The first-order valence-corrected chi connectivity index (χ1v) is 6.15. The Balaban J connectivity index is 2.11. The molecule has 1 saturated carbocycles. The molecule has 0 bridgehead atoms. The number of rotatable bonds is 4. The number of ether oxygens (including phenoxy) is 1. The predicted molar refractivity (Wildman–Crippen MR) is 67.4 cm³/mol. The highest BCUT2D eigenvalue weighted by Crippen LogP contribution is 2.30. The normalized spacial score (nSPS) is 23.0. The van der Waals surface area contributed by atoms with Crippen LogP contribution in [-0.4, -0.2) is 18.4 Å². The summed E-state index contributed by atoms with van der Waals surface area (Å²) in [5, 5.41) is 0. The van der Waals surface area contributed by atoms with Gasteiger partial charge in [-0.05, 0) is 50.5 Å². The molecule has 1 aliphatic carbocycles. The number of benzene rings is 1. The van der Waals surface area contributed by atoms with Gasteiger partial charge in [0.2, 0.25) is 0 Å². The van der Waals surface area contributed by atoms with Crippen molar-refractivity contribution in [3.63, 3.8) is 0 Å². The fourth-order valence-corrected chi connectivity index (χ4v) is 2.23. The first kappa shape index (κ1) is 12.1. The minimum absolute atomic E-state index is 0.127. The highest BCUT2D eigenvalue weighted by Gasteiger charge is 2.32. The number of hydrogen-bond acceptors (Lipinski definition) is 3. The zero-order valence-electron chi connectivity index (χ0n) is 10.4. The number of ketones is 1. The second-order valence-electron chi connectivity index (χ2n) is 4.71. The van der Waals surface area contributed by atoms with Crippen molar-refractivity contribution in [2.75, 3.05) is 6.61 Å². The van der Waals surface area contributed by atoms with Gasteiger partial charge in [-0.1, -0.05) is 0 Å². The fraction of sp³-hybridized carbons (Fsp3) is 0.500. The summed E-state index contributed by atoms with van der Waals surface area (Å²) in [4.78, 5) is 12.1. The quantitative estimate of drug-likeness (QED) is 0.812. The van der Waals surface area contributed by atoms with Crippen molar-refractivity contribution in [3.05, 3.63) is 29.3 Å². The van der Waals surface area contributed by atoms with E-state index >= 15 is 0 Å². The van der Waals surface area contributed by atoms with Crippen molar-refractivity contribution in [1.29, 1.82) is 0 Å². The molecule has 2 rings (SSSR count). The molecule has 0 saturated heterocycles. The van der Waals surface area contributed by atoms with Crippen molar-refractivity contribution in [2.45, 2.75) is 32.7 Å². The lowest BCUT2D eigenvalue weighted by Crippen LogP contribution is -2.40. The highest BCUT2D eigenvalue weighted by atomic mass is 16.5. The Bertz CT molecular complexity index is 422. The maximum Gasteiger partial charge on any atom is 0.166 e. The van der Waals surface area contributed by atoms with E-state index in [-0.39, 0.29) is 17.7 Å². The second kappa shape index (κ2) is 4.88. The summed E-state index contributed by atoms with van der Waals surface area (Å²) in [7, 11) is 0. The first-order chi connectivity index (χ1) is 8.11. The van der Waals surface area contributed by atoms with Crippen LogP contribution in [0, 0.1) is 12.8 Å². The maximum absolute atomic E-state index is 12.1. The molecule has 0 spiro atoms. The topological polar surface area (TPSA) is 52.3 Å². The molecule has 0 unspecified atom stereocenters. The van der Waals surface area contributed by atoms with E-state index in [1.54, 1.807) is 0 Å². The standard InChI is InChI=1S/C14H19NO2/c1-3-17-13-5-4-10(6-9(13)2)14(16)11-7-12(15)8-11/h4-6,11-12H,3,7-8,15H2,1-2H3. The predicted octanol–water partition coefficient (Wildman–Crippen LogP) is 2.31. The molecule has 92 valence electrons. The molecule has 1 aromatic rings. The van der Waals surface area contributed by atoms with Gasteiger partial charge in [-0.25, -0.2) is 0 Å². The van der Waals surface area contributed by atoms with Gasteiger partial charge in [0.15, 0.2) is 5.78 Å². The number of Topliss-reactive ketones (excluding diaryl/α,β-unsaturated/α-hetero) is 1. The Kier molecular flexibility index (Phi) is 3.48. The van der Waals surface area contributed by atoms with E-state index in [4.69, 9.17) is 10.5 Å². The average Bonchev–Trinajstić information content (AvgIpc) is 2.27. The molecule has 0 amide bonds. The minimum atomic E-state index is 0.127. The van der Waals surface area contributed by atoms with Crippen LogP contribution in [0.2, 0.25) is 0 Å². The van der Waals surface area contributed by atoms with Crippen molar-refractivity contribution < 1.29 is 9.53 Å². The van der Waals surface area contributed by atoms with Crippen LogP contribution >= 0.6 is 0 Å². The van der Waals surface area contributed by atoms with Crippen LogP contribution in [0.3, 0.4) is 0 Å². The summed E-state index contributed by atoms with van der Waals surface area (Å²) in [6.07, 6.45) is 1.65. The third kappa shape index (κ3) is 2.50. The number of aryl methyl sites for hydroxylation is 1. The molecule has 0 radical (unpaired) electrons. The van der Waals surface area contributed by atoms with E-state index in [2.05, 4.69) is 0 Å². The van der Waals surface area contributed by atoms with Gasteiger partial charge >= 0.3 is 0 Å². The Morgan fingerprint density at radius 3 is 2.71 bits per heavy atom. The van der Waals surface area contributed by atoms with Crippen molar-refractivity contribution >= 4 is 5.78 Å². The summed E-state index contributed by atoms with van der Waals surface area (Å²) in [6, 6.07) is 5.86. The fourth-order valence-electron chi connectivity index (χ4n) is 2.23. The summed E-state index contributed by atoms with van der Waals surface area (Å²) in [6.45, 7) is 4.56. The second-order valence-corrected chi connectivity index (χ2v) is 4.71. The van der Waals surface area contributed by atoms with Crippen LogP contribution in [0.25, 0.3) is 0 Å². The van der Waals surface area contributed by atoms with Crippen LogP contribution < -0.4 is 10.5 Å². The van der Waals surface area contributed by atoms with E-state index in [0.29, 0.717) is 6.61 Å². The number of carbonyl (C=O) groups excluding carboxylic acids is 1. The lowest BCUT2D eigenvalue weighted by Gasteiger charge is -2.31. The molecular weight excluding hydrogens is 214 g/mol. The van der Waals surface area contributed by atoms with Crippen molar-refractivity contribution in [2.24, 2.45) is 11.7 Å². The summed E-state index contributed by atoms with van der Waals surface area (Å²) >= 11 is 0. The molecule has 3 nitrogen and oxygen atoms in total. The van der Waals surface area contributed by atoms with Crippen molar-refractivity contribution in [1.82, 2.24) is 0 Å². The van der Waals surface area contributed by atoms with E-state index in [1.165, 1.54) is 0 Å². The average molecular weight is 233 g/mol. The van der Waals surface area contributed by atoms with E-state index < -0.39 is 0 Å². The summed E-state index contributed by atoms with van der Waals surface area (Å²) < 4.78 is 5.46. The monoisotopic (exact) mass is 233 g/mol. The number of hydrogen-bond donors (Lipinski definition) is 1. The molecule has 1 aliphatic rings. The SMILES string of the molecule is CCOc1ccc(C(=O)C2CC(N)C2)cc1C. The van der Waals surface area contributed by atoms with E-state index in [9.17, 15) is 4.79 Å². The van der Waals surface area contributed by atoms with Crippen LogP contribution in [-0.2, 0) is 0 Å². The zero-order chi connectivity index (χ0) is 12.4. The van der Waals surface area contributed by atoms with Crippen LogP contribution in [0.15, 0.2) is 18.2 Å². The van der Waals surface area contributed by atoms with Gasteiger partial charge in [0.25, 0.3) is 0 Å². The first-order valence-electron chi connectivity index (χ1n) is 6.15. The molecule has 2 N–H and O–H groups in total. The molecule has 0 aliphatic heterocycles.